The summed E-state index contributed by atoms with van der Waals surface area (Å²) in [7, 11) is 0. The zero-order chi connectivity index (χ0) is 10.1. The monoisotopic (exact) mass is 303 g/mol. The van der Waals surface area contributed by atoms with E-state index in [4.69, 9.17) is 10.5 Å². The van der Waals surface area contributed by atoms with Gasteiger partial charge in [0.25, 0.3) is 0 Å². The van der Waals surface area contributed by atoms with Crippen molar-refractivity contribution in [1.29, 1.82) is 0 Å². The Morgan fingerprint density at radius 1 is 1.43 bits per heavy atom. The Hall–Kier alpha value is -0.780. The minimum Gasteiger partial charge on any atom is -0.446 e. The van der Waals surface area contributed by atoms with Gasteiger partial charge in [-0.2, -0.15) is 0 Å². The van der Waals surface area contributed by atoms with Gasteiger partial charge in [-0.15, -0.1) is 0 Å². The minimum absolute atomic E-state index is 0.00689. The van der Waals surface area contributed by atoms with Gasteiger partial charge in [0.2, 0.25) is 0 Å². The molecule has 0 radical (unpaired) electrons. The maximum atomic E-state index is 10.5. The Bertz CT molecular complexity index is 350. The van der Waals surface area contributed by atoms with Crippen LogP contribution in [0.1, 0.15) is 17.9 Å². The van der Waals surface area contributed by atoms with E-state index < -0.39 is 6.09 Å². The van der Waals surface area contributed by atoms with Gasteiger partial charge in [-0.05, 0) is 46.7 Å². The lowest BCUT2D eigenvalue weighted by molar-refractivity contribution is 0.147. The molecule has 1 saturated carbocycles. The van der Waals surface area contributed by atoms with Gasteiger partial charge in [0, 0.05) is 9.49 Å². The highest BCUT2D eigenvalue weighted by Crippen LogP contribution is 2.43. The molecule has 0 aliphatic heterocycles. The maximum Gasteiger partial charge on any atom is 0.404 e. The van der Waals surface area contributed by atoms with Crippen LogP contribution in [0.15, 0.2) is 24.3 Å². The summed E-state index contributed by atoms with van der Waals surface area (Å²) in [5, 5.41) is 0. The average Bonchev–Trinajstić information content (AvgIpc) is 2.84. The Labute approximate surface area is 95.8 Å². The van der Waals surface area contributed by atoms with Gasteiger partial charge in [-0.1, -0.05) is 12.1 Å². The third-order valence-corrected chi connectivity index (χ3v) is 3.02. The van der Waals surface area contributed by atoms with Crippen molar-refractivity contribution in [2.75, 3.05) is 0 Å². The van der Waals surface area contributed by atoms with Gasteiger partial charge in [-0.3, -0.25) is 0 Å². The summed E-state index contributed by atoms with van der Waals surface area (Å²) in [5.41, 5.74) is 6.15. The smallest absolute Gasteiger partial charge is 0.404 e. The Balaban J connectivity index is 1.99. The maximum absolute atomic E-state index is 10.5. The number of amides is 1. The Morgan fingerprint density at radius 2 is 2.07 bits per heavy atom. The van der Waals surface area contributed by atoms with Crippen LogP contribution in [0.25, 0.3) is 0 Å². The fourth-order valence-corrected chi connectivity index (χ4v) is 1.87. The van der Waals surface area contributed by atoms with Gasteiger partial charge >= 0.3 is 6.09 Å². The van der Waals surface area contributed by atoms with Crippen molar-refractivity contribution in [2.45, 2.75) is 18.4 Å². The van der Waals surface area contributed by atoms with Crippen molar-refractivity contribution >= 4 is 28.7 Å². The van der Waals surface area contributed by atoms with Crippen LogP contribution in [-0.4, -0.2) is 12.2 Å². The van der Waals surface area contributed by atoms with Crippen LogP contribution in [0.5, 0.6) is 0 Å². The Morgan fingerprint density at radius 3 is 2.64 bits per heavy atom. The number of carbonyl (C=O) groups is 1. The summed E-state index contributed by atoms with van der Waals surface area (Å²) in [6.07, 6.45) is 0.208. The molecule has 2 unspecified atom stereocenters. The molecule has 3 nitrogen and oxygen atoms in total. The van der Waals surface area contributed by atoms with Gasteiger partial charge in [-0.25, -0.2) is 4.79 Å². The number of benzene rings is 1. The second-order valence-electron chi connectivity index (χ2n) is 3.37. The van der Waals surface area contributed by atoms with E-state index in [1.165, 1.54) is 9.13 Å². The number of rotatable bonds is 2. The highest BCUT2D eigenvalue weighted by Gasteiger charge is 2.41. The fourth-order valence-electron chi connectivity index (χ4n) is 1.51. The molecular weight excluding hydrogens is 293 g/mol. The van der Waals surface area contributed by atoms with Crippen molar-refractivity contribution in [2.24, 2.45) is 5.73 Å². The highest BCUT2D eigenvalue weighted by atomic mass is 127. The molecule has 2 N–H and O–H groups in total. The lowest BCUT2D eigenvalue weighted by Gasteiger charge is -2.00. The predicted molar refractivity (Wildman–Crippen MR) is 61.0 cm³/mol. The van der Waals surface area contributed by atoms with E-state index in [0.29, 0.717) is 5.92 Å². The molecule has 4 heteroatoms. The first-order chi connectivity index (χ1) is 6.66. The molecule has 0 bridgehead atoms. The van der Waals surface area contributed by atoms with Crippen LogP contribution in [0.3, 0.4) is 0 Å². The summed E-state index contributed by atoms with van der Waals surface area (Å²) < 4.78 is 6.10. The molecule has 2 rings (SSSR count). The number of ether oxygens (including phenoxy) is 1. The number of primary amides is 1. The third kappa shape index (κ3) is 2.17. The van der Waals surface area contributed by atoms with E-state index in [0.717, 1.165) is 6.42 Å². The lowest BCUT2D eigenvalue weighted by atomic mass is 10.1. The van der Waals surface area contributed by atoms with Crippen LogP contribution < -0.4 is 5.73 Å². The second-order valence-corrected chi connectivity index (χ2v) is 4.61. The number of hydrogen-bond donors (Lipinski definition) is 1. The lowest BCUT2D eigenvalue weighted by Crippen LogP contribution is -2.14. The van der Waals surface area contributed by atoms with Crippen LogP contribution >= 0.6 is 22.6 Å². The largest absolute Gasteiger partial charge is 0.446 e. The molecule has 0 saturated heterocycles. The zero-order valence-electron chi connectivity index (χ0n) is 7.44. The van der Waals surface area contributed by atoms with E-state index in [1.807, 2.05) is 0 Å². The quantitative estimate of drug-likeness (QED) is 0.852. The SMILES string of the molecule is NC(=O)OC1CC1c1ccc(I)cc1. The Kier molecular flexibility index (Phi) is 2.62. The number of halogens is 1. The van der Waals surface area contributed by atoms with Crippen molar-refractivity contribution in [3.63, 3.8) is 0 Å². The molecule has 0 heterocycles. The highest BCUT2D eigenvalue weighted by molar-refractivity contribution is 14.1. The van der Waals surface area contributed by atoms with Crippen LogP contribution in [0, 0.1) is 3.57 Å². The topological polar surface area (TPSA) is 52.3 Å². The van der Waals surface area contributed by atoms with E-state index in [2.05, 4.69) is 46.9 Å². The van der Waals surface area contributed by atoms with Crippen molar-refractivity contribution in [1.82, 2.24) is 0 Å². The molecule has 1 aliphatic carbocycles. The van der Waals surface area contributed by atoms with E-state index >= 15 is 0 Å². The normalized spacial score (nSPS) is 24.4. The molecule has 1 aliphatic rings. The molecule has 2 atom stereocenters. The van der Waals surface area contributed by atoms with E-state index in [1.54, 1.807) is 0 Å². The molecule has 14 heavy (non-hydrogen) atoms. The standard InChI is InChI=1S/C10H10INO2/c11-7-3-1-6(2-4-7)8-5-9(8)14-10(12)13/h1-4,8-9H,5H2,(H2,12,13). The minimum atomic E-state index is -0.678. The first-order valence-corrected chi connectivity index (χ1v) is 5.46. The zero-order valence-corrected chi connectivity index (χ0v) is 9.60. The second kappa shape index (κ2) is 3.76. The van der Waals surface area contributed by atoms with Crippen molar-refractivity contribution < 1.29 is 9.53 Å². The number of carbonyl (C=O) groups excluding carboxylic acids is 1. The molecular formula is C10H10INO2. The molecule has 1 amide bonds. The van der Waals surface area contributed by atoms with Crippen LogP contribution in [0.2, 0.25) is 0 Å². The van der Waals surface area contributed by atoms with E-state index in [-0.39, 0.29) is 6.10 Å². The van der Waals surface area contributed by atoms with Crippen LogP contribution in [0.4, 0.5) is 4.79 Å². The molecule has 74 valence electrons. The molecule has 1 aromatic carbocycles. The van der Waals surface area contributed by atoms with Crippen LogP contribution in [-0.2, 0) is 4.74 Å². The fraction of sp³-hybridized carbons (Fsp3) is 0.300. The molecule has 0 aromatic heterocycles. The first-order valence-electron chi connectivity index (χ1n) is 4.38. The summed E-state index contributed by atoms with van der Waals surface area (Å²) in [4.78, 5) is 10.5. The summed E-state index contributed by atoms with van der Waals surface area (Å²) in [6, 6.07) is 8.23. The number of hydrogen-bond acceptors (Lipinski definition) is 2. The van der Waals surface area contributed by atoms with Gasteiger partial charge < -0.3 is 10.5 Å². The molecule has 1 aromatic rings. The van der Waals surface area contributed by atoms with Gasteiger partial charge in [0.05, 0.1) is 0 Å². The predicted octanol–water partition coefficient (Wildman–Crippen LogP) is 2.24. The summed E-state index contributed by atoms with van der Waals surface area (Å²) in [6.45, 7) is 0. The third-order valence-electron chi connectivity index (χ3n) is 2.30. The summed E-state index contributed by atoms with van der Waals surface area (Å²) >= 11 is 2.26. The van der Waals surface area contributed by atoms with Crippen molar-refractivity contribution in [3.8, 4) is 0 Å². The first kappa shape index (κ1) is 9.76. The summed E-state index contributed by atoms with van der Waals surface area (Å²) in [5.74, 6) is 0.347. The van der Waals surface area contributed by atoms with E-state index in [9.17, 15) is 4.79 Å². The molecule has 1 fully saturated rings. The molecule has 0 spiro atoms. The van der Waals surface area contributed by atoms with Gasteiger partial charge in [0.1, 0.15) is 6.10 Å². The number of nitrogens with two attached hydrogens (primary N) is 1. The van der Waals surface area contributed by atoms with Gasteiger partial charge in [0.15, 0.2) is 0 Å². The van der Waals surface area contributed by atoms with Crippen molar-refractivity contribution in [3.05, 3.63) is 33.4 Å². The average molecular weight is 303 g/mol.